The van der Waals surface area contributed by atoms with Gasteiger partial charge in [-0.05, 0) is 141 Å². The summed E-state index contributed by atoms with van der Waals surface area (Å²) in [6.07, 6.45) is 2.08. The number of nitrogens with one attached hydrogen (secondary N) is 4. The van der Waals surface area contributed by atoms with Crippen LogP contribution in [0.4, 0.5) is 0 Å². The van der Waals surface area contributed by atoms with Crippen molar-refractivity contribution in [3.05, 3.63) is 96.1 Å². The molecule has 70 heavy (non-hydrogen) atoms. The maximum Gasteiger partial charge on any atom is 0.244 e. The van der Waals surface area contributed by atoms with Gasteiger partial charge in [-0.25, -0.2) is 26.3 Å². The molecule has 0 fully saturated rings. The second-order valence-corrected chi connectivity index (χ2v) is 21.5. The highest BCUT2D eigenvalue weighted by atomic mass is 32.2. The second kappa shape index (κ2) is 28.4. The predicted octanol–water partition coefficient (Wildman–Crippen LogP) is 7.33. The Morgan fingerprint density at radius 3 is 1.31 bits per heavy atom. The molecular weight excluding hydrogens is 937 g/mol. The van der Waals surface area contributed by atoms with E-state index in [0.717, 1.165) is 11.1 Å². The highest BCUT2D eigenvalue weighted by Crippen LogP contribution is 2.29. The average Bonchev–Trinajstić information content (AvgIpc) is 3.31. The Morgan fingerprint density at radius 2 is 0.886 bits per heavy atom. The van der Waals surface area contributed by atoms with Gasteiger partial charge in [0.2, 0.25) is 20.0 Å². The van der Waals surface area contributed by atoms with Crippen molar-refractivity contribution in [2.45, 2.75) is 114 Å². The minimum atomic E-state index is -3.94. The van der Waals surface area contributed by atoms with Crippen LogP contribution in [0.1, 0.15) is 79.4 Å². The van der Waals surface area contributed by atoms with Crippen LogP contribution in [0.2, 0.25) is 0 Å². The van der Waals surface area contributed by atoms with E-state index in [1.165, 1.54) is 14.2 Å². The van der Waals surface area contributed by atoms with Crippen LogP contribution in [-0.2, 0) is 42.4 Å². The zero-order valence-electron chi connectivity index (χ0n) is 42.9. The zero-order valence-corrected chi connectivity index (χ0v) is 44.5. The molecule has 4 aromatic rings. The number of sulfonamides is 2. The summed E-state index contributed by atoms with van der Waals surface area (Å²) in [5.41, 5.74) is 0.373. The van der Waals surface area contributed by atoms with Gasteiger partial charge in [0.05, 0.1) is 51.8 Å². The first-order chi connectivity index (χ1) is 33.3. The molecule has 0 radical (unpaired) electrons. The number of hydrogen-bond acceptors (Lipinski definition) is 14. The minimum Gasteiger partial charge on any atom is -0.495 e. The summed E-state index contributed by atoms with van der Waals surface area (Å²) in [5.74, 6) is 3.29. The SMILES string of the molecule is CCOc1ccccc1OCCNC(C)Cc1ccc(OC)c(S(=O)(=O)NCCOC(C)(C)CCOC(C)(C)CCNS(=O)(=O)c2cc(CC(C)NCCOc3ccccc3OCC)ccc2OC)c1. The minimum absolute atomic E-state index is 0.0385. The van der Waals surface area contributed by atoms with Crippen LogP contribution in [0.15, 0.2) is 94.7 Å². The van der Waals surface area contributed by atoms with Gasteiger partial charge in [0, 0.05) is 38.3 Å². The molecule has 0 saturated carbocycles. The van der Waals surface area contributed by atoms with E-state index in [2.05, 4.69) is 20.1 Å². The fourth-order valence-corrected chi connectivity index (χ4v) is 9.93. The Labute approximate surface area is 417 Å². The summed E-state index contributed by atoms with van der Waals surface area (Å²) in [4.78, 5) is 0.123. The third-order valence-electron chi connectivity index (χ3n) is 11.2. The van der Waals surface area contributed by atoms with E-state index < -0.39 is 31.2 Å². The van der Waals surface area contributed by atoms with Crippen LogP contribution in [-0.4, -0.2) is 120 Å². The van der Waals surface area contributed by atoms with Crippen molar-refractivity contribution in [3.8, 4) is 34.5 Å². The Morgan fingerprint density at radius 1 is 0.486 bits per heavy atom. The predicted molar refractivity (Wildman–Crippen MR) is 274 cm³/mol. The normalized spacial score (nSPS) is 13.1. The van der Waals surface area contributed by atoms with Gasteiger partial charge in [0.1, 0.15) is 34.5 Å². The molecule has 0 aliphatic carbocycles. The van der Waals surface area contributed by atoms with E-state index in [4.69, 9.17) is 37.9 Å². The molecule has 0 spiro atoms. The lowest BCUT2D eigenvalue weighted by Crippen LogP contribution is -2.36. The summed E-state index contributed by atoms with van der Waals surface area (Å²) in [6.45, 7) is 19.4. The van der Waals surface area contributed by atoms with E-state index >= 15 is 0 Å². The summed E-state index contributed by atoms with van der Waals surface area (Å²) < 4.78 is 106. The van der Waals surface area contributed by atoms with Crippen molar-refractivity contribution in [2.24, 2.45) is 0 Å². The van der Waals surface area contributed by atoms with Gasteiger partial charge in [-0.15, -0.1) is 0 Å². The Kier molecular flexibility index (Phi) is 23.5. The highest BCUT2D eigenvalue weighted by molar-refractivity contribution is 7.90. The second-order valence-electron chi connectivity index (χ2n) is 18.1. The smallest absolute Gasteiger partial charge is 0.244 e. The van der Waals surface area contributed by atoms with Gasteiger partial charge in [0.15, 0.2) is 23.0 Å². The standard InChI is InChI=1S/C52H78N4O12S2/c1-11-63-43-17-13-15-19-45(43)65-32-28-53-39(3)35-41-21-23-47(61-9)49(37-41)69(57,58)55-27-25-51(5,6)67-31-26-52(7,8)68-34-30-56-70(59,60)50-38-42(22-24-48(50)62-10)36-40(4)54-29-33-66-46-20-16-14-18-44(46)64-12-2/h13-24,37-40,53-56H,11-12,25-36H2,1-10H3. The maximum absolute atomic E-state index is 13.6. The van der Waals surface area contributed by atoms with Gasteiger partial charge in [-0.3, -0.25) is 0 Å². The number of para-hydroxylation sites is 4. The molecule has 18 heteroatoms. The Hall–Kier alpha value is -4.66. The summed E-state index contributed by atoms with van der Waals surface area (Å²) >= 11 is 0. The first kappa shape index (κ1) is 57.9. The van der Waals surface area contributed by atoms with E-state index in [-0.39, 0.29) is 53.1 Å². The fraction of sp³-hybridized carbons (Fsp3) is 0.538. The molecule has 0 aromatic heterocycles. The summed E-state index contributed by atoms with van der Waals surface area (Å²) in [7, 11) is -4.96. The largest absolute Gasteiger partial charge is 0.495 e. The number of benzene rings is 4. The van der Waals surface area contributed by atoms with Gasteiger partial charge in [-0.1, -0.05) is 36.4 Å². The molecule has 0 heterocycles. The van der Waals surface area contributed by atoms with Crippen LogP contribution >= 0.6 is 0 Å². The molecule has 4 N–H and O–H groups in total. The third-order valence-corrected chi connectivity index (χ3v) is 14.2. The van der Waals surface area contributed by atoms with E-state index in [1.54, 1.807) is 24.3 Å². The van der Waals surface area contributed by atoms with Crippen molar-refractivity contribution in [1.82, 2.24) is 20.1 Å². The van der Waals surface area contributed by atoms with Crippen molar-refractivity contribution in [3.63, 3.8) is 0 Å². The number of hydrogen-bond donors (Lipinski definition) is 4. The first-order valence-electron chi connectivity index (χ1n) is 24.1. The molecule has 0 bridgehead atoms. The lowest BCUT2D eigenvalue weighted by Gasteiger charge is -2.30. The van der Waals surface area contributed by atoms with Gasteiger partial charge in [-0.2, -0.15) is 0 Å². The van der Waals surface area contributed by atoms with Gasteiger partial charge >= 0.3 is 0 Å². The molecule has 4 aromatic carbocycles. The molecule has 390 valence electrons. The lowest BCUT2D eigenvalue weighted by atomic mass is 10.0. The quantitative estimate of drug-likeness (QED) is 0.0335. The molecule has 2 unspecified atom stereocenters. The number of ether oxygens (including phenoxy) is 8. The molecule has 4 rings (SSSR count). The number of methoxy groups -OCH3 is 2. The van der Waals surface area contributed by atoms with E-state index in [1.807, 2.05) is 116 Å². The molecule has 2 atom stereocenters. The molecule has 16 nitrogen and oxygen atoms in total. The maximum atomic E-state index is 13.6. The van der Waals surface area contributed by atoms with Crippen molar-refractivity contribution >= 4 is 20.0 Å². The van der Waals surface area contributed by atoms with E-state index in [9.17, 15) is 16.8 Å². The summed E-state index contributed by atoms with van der Waals surface area (Å²) in [5, 5.41) is 6.88. The van der Waals surface area contributed by atoms with Crippen LogP contribution in [0.3, 0.4) is 0 Å². The monoisotopic (exact) mass is 1010 g/mol. The average molecular weight is 1020 g/mol. The molecule has 0 aliphatic heterocycles. The van der Waals surface area contributed by atoms with Crippen LogP contribution < -0.4 is 48.5 Å². The van der Waals surface area contributed by atoms with Crippen molar-refractivity contribution in [2.75, 3.05) is 80.0 Å². The zero-order chi connectivity index (χ0) is 51.2. The molecule has 0 saturated heterocycles. The lowest BCUT2D eigenvalue weighted by molar-refractivity contribution is -0.0723. The topological polar surface area (TPSA) is 190 Å². The van der Waals surface area contributed by atoms with Gasteiger partial charge in [0.25, 0.3) is 0 Å². The Balaban J connectivity index is 1.17. The molecule has 0 amide bonds. The number of rotatable bonds is 35. The highest BCUT2D eigenvalue weighted by Gasteiger charge is 2.26. The van der Waals surface area contributed by atoms with E-state index in [0.29, 0.717) is 94.8 Å². The van der Waals surface area contributed by atoms with Crippen LogP contribution in [0, 0.1) is 0 Å². The first-order valence-corrected chi connectivity index (χ1v) is 27.1. The fourth-order valence-electron chi connectivity index (χ4n) is 7.45. The molecule has 0 aliphatic rings. The van der Waals surface area contributed by atoms with Crippen molar-refractivity contribution in [1.29, 1.82) is 0 Å². The van der Waals surface area contributed by atoms with Crippen molar-refractivity contribution < 1.29 is 54.7 Å². The van der Waals surface area contributed by atoms with Crippen LogP contribution in [0.25, 0.3) is 0 Å². The molecular formula is C52H78N4O12S2. The van der Waals surface area contributed by atoms with Crippen LogP contribution in [0.5, 0.6) is 34.5 Å². The van der Waals surface area contributed by atoms with Gasteiger partial charge < -0.3 is 48.5 Å². The Bertz CT molecular complexity index is 2420. The third kappa shape index (κ3) is 19.5. The summed E-state index contributed by atoms with van der Waals surface area (Å²) in [6, 6.07) is 25.6.